The van der Waals surface area contributed by atoms with Gasteiger partial charge in [-0.15, -0.1) is 11.3 Å². The molecule has 0 unspecified atom stereocenters. The first-order valence-corrected chi connectivity index (χ1v) is 10.5. The third-order valence-corrected chi connectivity index (χ3v) is 5.33. The molecule has 0 aliphatic heterocycles. The number of carbonyl (C=O) groups is 3. The molecule has 0 aromatic carbocycles. The summed E-state index contributed by atoms with van der Waals surface area (Å²) in [4.78, 5) is 36.5. The summed E-state index contributed by atoms with van der Waals surface area (Å²) in [5.41, 5.74) is 0.981. The monoisotopic (exact) mass is 421 g/mol. The van der Waals surface area contributed by atoms with Crippen molar-refractivity contribution in [3.05, 3.63) is 16.0 Å². The van der Waals surface area contributed by atoms with Gasteiger partial charge in [0.15, 0.2) is 6.61 Å². The second kappa shape index (κ2) is 10.3. The summed E-state index contributed by atoms with van der Waals surface area (Å²) >= 11 is 1.43. The van der Waals surface area contributed by atoms with Gasteiger partial charge in [0.2, 0.25) is 0 Å². The summed E-state index contributed by atoms with van der Waals surface area (Å²) < 4.78 is 10.1. The minimum Gasteiger partial charge on any atom is -0.456 e. The van der Waals surface area contributed by atoms with Crippen LogP contribution in [0, 0.1) is 11.3 Å². The van der Waals surface area contributed by atoms with Gasteiger partial charge in [0.05, 0.1) is 5.56 Å². The van der Waals surface area contributed by atoms with Gasteiger partial charge in [-0.3, -0.25) is 9.59 Å². The summed E-state index contributed by atoms with van der Waals surface area (Å²) in [6, 6.07) is 2.17. The average molecular weight is 422 g/mol. The van der Waals surface area contributed by atoms with Crippen molar-refractivity contribution in [1.29, 1.82) is 5.26 Å². The van der Waals surface area contributed by atoms with E-state index in [1.165, 1.54) is 11.3 Å². The standard InChI is InChI=1S/C20H27N3O5S/c1-20(2,3)28-19(26)22-10-6-9-17(25)27-12-16(24)23-18-14(11-21)13-7-4-5-8-15(13)29-18/h4-10,12H2,1-3H3,(H,22,26)(H,23,24). The molecule has 9 heteroatoms. The summed E-state index contributed by atoms with van der Waals surface area (Å²) in [5.74, 6) is -1.00. The topological polar surface area (TPSA) is 118 Å². The lowest BCUT2D eigenvalue weighted by molar-refractivity contribution is -0.147. The summed E-state index contributed by atoms with van der Waals surface area (Å²) in [5, 5.41) is 15.2. The molecule has 0 saturated heterocycles. The first-order chi connectivity index (χ1) is 13.7. The second-order valence-corrected chi connectivity index (χ2v) is 8.87. The minimum absolute atomic E-state index is 0.0693. The quantitative estimate of drug-likeness (QED) is 0.515. The highest BCUT2D eigenvalue weighted by atomic mass is 32.1. The lowest BCUT2D eigenvalue weighted by Gasteiger charge is -2.19. The average Bonchev–Trinajstić information content (AvgIpc) is 2.99. The number of esters is 1. The number of ether oxygens (including phenoxy) is 2. The van der Waals surface area contributed by atoms with Crippen molar-refractivity contribution in [1.82, 2.24) is 5.32 Å². The number of amides is 2. The van der Waals surface area contributed by atoms with Crippen molar-refractivity contribution in [3.8, 4) is 6.07 Å². The number of rotatable bonds is 7. The number of hydrogen-bond acceptors (Lipinski definition) is 7. The third kappa shape index (κ3) is 7.38. The maximum atomic E-state index is 12.1. The molecule has 0 saturated carbocycles. The molecule has 1 aliphatic rings. The lowest BCUT2D eigenvalue weighted by atomic mass is 9.96. The summed E-state index contributed by atoms with van der Waals surface area (Å²) in [7, 11) is 0. The number of fused-ring (bicyclic) bond motifs is 1. The van der Waals surface area contributed by atoms with Crippen molar-refractivity contribution >= 4 is 34.3 Å². The number of nitrogens with one attached hydrogen (secondary N) is 2. The van der Waals surface area contributed by atoms with Crippen LogP contribution in [0.2, 0.25) is 0 Å². The van der Waals surface area contributed by atoms with E-state index in [4.69, 9.17) is 9.47 Å². The molecule has 8 nitrogen and oxygen atoms in total. The molecule has 158 valence electrons. The van der Waals surface area contributed by atoms with Crippen LogP contribution in [-0.4, -0.2) is 36.7 Å². The van der Waals surface area contributed by atoms with Crippen molar-refractivity contribution in [2.24, 2.45) is 0 Å². The van der Waals surface area contributed by atoms with Crippen molar-refractivity contribution in [2.75, 3.05) is 18.5 Å². The molecule has 2 rings (SSSR count). The Morgan fingerprint density at radius 3 is 2.62 bits per heavy atom. The van der Waals surface area contributed by atoms with Gasteiger partial charge in [0.25, 0.3) is 5.91 Å². The van der Waals surface area contributed by atoms with Gasteiger partial charge < -0.3 is 20.1 Å². The van der Waals surface area contributed by atoms with Crippen LogP contribution in [0.25, 0.3) is 0 Å². The van der Waals surface area contributed by atoms with Crippen LogP contribution in [-0.2, 0) is 31.9 Å². The molecule has 1 aromatic rings. The Bertz CT molecular complexity index is 804. The molecule has 2 amide bonds. The SMILES string of the molecule is CC(C)(C)OC(=O)NCCCC(=O)OCC(=O)Nc1sc2c(c1C#N)CCCC2. The normalized spacial score (nSPS) is 13.0. The zero-order valence-corrected chi connectivity index (χ0v) is 17.9. The number of anilines is 1. The number of hydrogen-bond donors (Lipinski definition) is 2. The highest BCUT2D eigenvalue weighted by molar-refractivity contribution is 7.16. The van der Waals surface area contributed by atoms with Crippen molar-refractivity contribution in [2.45, 2.75) is 64.9 Å². The van der Waals surface area contributed by atoms with E-state index in [0.29, 0.717) is 17.0 Å². The van der Waals surface area contributed by atoms with Crippen molar-refractivity contribution < 1.29 is 23.9 Å². The van der Waals surface area contributed by atoms with Gasteiger partial charge in [-0.05, 0) is 58.4 Å². The molecule has 0 spiro atoms. The Balaban J connectivity index is 1.69. The van der Waals surface area contributed by atoms with Gasteiger partial charge in [-0.1, -0.05) is 0 Å². The molecule has 0 bridgehead atoms. The molecule has 1 aliphatic carbocycles. The molecule has 1 heterocycles. The predicted octanol–water partition coefficient (Wildman–Crippen LogP) is 3.29. The number of aryl methyl sites for hydroxylation is 1. The fourth-order valence-electron chi connectivity index (χ4n) is 2.89. The van der Waals surface area contributed by atoms with E-state index in [9.17, 15) is 19.6 Å². The van der Waals surface area contributed by atoms with Gasteiger partial charge in [0.1, 0.15) is 16.7 Å². The van der Waals surface area contributed by atoms with E-state index < -0.39 is 30.2 Å². The predicted molar refractivity (Wildman–Crippen MR) is 109 cm³/mol. The number of nitriles is 1. The van der Waals surface area contributed by atoms with E-state index in [0.717, 1.165) is 36.1 Å². The van der Waals surface area contributed by atoms with Crippen LogP contribution in [0.5, 0.6) is 0 Å². The summed E-state index contributed by atoms with van der Waals surface area (Å²) in [6.45, 7) is 5.15. The molecule has 1 aromatic heterocycles. The summed E-state index contributed by atoms with van der Waals surface area (Å²) in [6.07, 6.45) is 3.82. The van der Waals surface area contributed by atoms with Crippen LogP contribution < -0.4 is 10.6 Å². The van der Waals surface area contributed by atoms with Crippen LogP contribution in [0.1, 0.15) is 62.5 Å². The van der Waals surface area contributed by atoms with E-state index in [1.54, 1.807) is 20.8 Å². The van der Waals surface area contributed by atoms with E-state index in [1.807, 2.05) is 0 Å². The van der Waals surface area contributed by atoms with Gasteiger partial charge in [-0.2, -0.15) is 5.26 Å². The van der Waals surface area contributed by atoms with Crippen LogP contribution in [0.15, 0.2) is 0 Å². The first-order valence-electron chi connectivity index (χ1n) is 9.66. The molecular formula is C20H27N3O5S. The first kappa shape index (κ1) is 22.7. The Labute approximate surface area is 174 Å². The van der Waals surface area contributed by atoms with E-state index in [-0.39, 0.29) is 13.0 Å². The second-order valence-electron chi connectivity index (χ2n) is 7.77. The van der Waals surface area contributed by atoms with E-state index >= 15 is 0 Å². The fourth-order valence-corrected chi connectivity index (χ4v) is 4.15. The molecular weight excluding hydrogens is 394 g/mol. The zero-order valence-electron chi connectivity index (χ0n) is 17.1. The number of nitrogens with zero attached hydrogens (tertiary/aromatic N) is 1. The zero-order chi connectivity index (χ0) is 21.4. The molecule has 0 atom stereocenters. The largest absolute Gasteiger partial charge is 0.456 e. The highest BCUT2D eigenvalue weighted by Crippen LogP contribution is 2.37. The minimum atomic E-state index is -0.580. The van der Waals surface area contributed by atoms with Crippen LogP contribution >= 0.6 is 11.3 Å². The molecule has 0 radical (unpaired) electrons. The Morgan fingerprint density at radius 1 is 1.21 bits per heavy atom. The Morgan fingerprint density at radius 2 is 1.93 bits per heavy atom. The van der Waals surface area contributed by atoms with E-state index in [2.05, 4.69) is 16.7 Å². The van der Waals surface area contributed by atoms with Crippen LogP contribution in [0.4, 0.5) is 9.80 Å². The maximum absolute atomic E-state index is 12.1. The van der Waals surface area contributed by atoms with Crippen LogP contribution in [0.3, 0.4) is 0 Å². The highest BCUT2D eigenvalue weighted by Gasteiger charge is 2.22. The van der Waals surface area contributed by atoms with Gasteiger partial charge in [0, 0.05) is 17.8 Å². The fraction of sp³-hybridized carbons (Fsp3) is 0.600. The number of alkyl carbamates (subject to hydrolysis) is 1. The Kier molecular flexibility index (Phi) is 8.02. The van der Waals surface area contributed by atoms with Gasteiger partial charge in [-0.25, -0.2) is 4.79 Å². The Hall–Kier alpha value is -2.60. The maximum Gasteiger partial charge on any atom is 0.407 e. The molecule has 29 heavy (non-hydrogen) atoms. The smallest absolute Gasteiger partial charge is 0.407 e. The molecule has 2 N–H and O–H groups in total. The van der Waals surface area contributed by atoms with Crippen molar-refractivity contribution in [3.63, 3.8) is 0 Å². The third-order valence-electron chi connectivity index (χ3n) is 4.13. The van der Waals surface area contributed by atoms with Gasteiger partial charge >= 0.3 is 12.1 Å². The number of thiophene rings is 1. The lowest BCUT2D eigenvalue weighted by Crippen LogP contribution is -2.33. The molecule has 0 fully saturated rings. The number of carbonyl (C=O) groups excluding carboxylic acids is 3.